The second-order valence-corrected chi connectivity index (χ2v) is 7.86. The van der Waals surface area contributed by atoms with Crippen LogP contribution in [0.15, 0.2) is 61.2 Å². The van der Waals surface area contributed by atoms with Gasteiger partial charge < -0.3 is 20.4 Å². The van der Waals surface area contributed by atoms with Crippen LogP contribution in [0.1, 0.15) is 0 Å². The number of benzene rings is 2. The van der Waals surface area contributed by atoms with Gasteiger partial charge in [-0.3, -0.25) is 0 Å². The molecule has 0 unspecified atom stereocenters. The molecule has 0 bridgehead atoms. The smallest absolute Gasteiger partial charge is 0.158 e. The summed E-state index contributed by atoms with van der Waals surface area (Å²) < 4.78 is 13.4. The average molecular weight is 437 g/mol. The highest BCUT2D eigenvalue weighted by Crippen LogP contribution is 2.36. The third-order valence-electron chi connectivity index (χ3n) is 4.69. The Morgan fingerprint density at radius 3 is 2.93 bits per heavy atom. The largest absolute Gasteiger partial charge is 0.455 e. The highest BCUT2D eigenvalue weighted by atomic mass is 35.5. The first-order valence-corrected chi connectivity index (χ1v) is 10.5. The topological polar surface area (TPSA) is 90.9 Å². The maximum Gasteiger partial charge on any atom is 0.158 e. The summed E-state index contributed by atoms with van der Waals surface area (Å²) in [5.74, 6) is 1.98. The van der Waals surface area contributed by atoms with Crippen molar-refractivity contribution in [1.82, 2.24) is 18.9 Å². The fourth-order valence-corrected chi connectivity index (χ4v) is 4.20. The Hall–Kier alpha value is -3.20. The summed E-state index contributed by atoms with van der Waals surface area (Å²) in [6.07, 6.45) is 5.29. The molecule has 3 N–H and O–H groups in total. The molecule has 0 fully saturated rings. The molecule has 7 nitrogen and oxygen atoms in total. The average Bonchev–Trinajstić information content (AvgIpc) is 3.39. The molecule has 0 spiro atoms. The molecule has 0 aliphatic heterocycles. The van der Waals surface area contributed by atoms with Crippen molar-refractivity contribution in [3.05, 3.63) is 66.2 Å². The van der Waals surface area contributed by atoms with E-state index < -0.39 is 0 Å². The van der Waals surface area contributed by atoms with Gasteiger partial charge in [0.05, 0.1) is 26.8 Å². The van der Waals surface area contributed by atoms with E-state index in [4.69, 9.17) is 22.1 Å². The Bertz CT molecular complexity index is 1350. The van der Waals surface area contributed by atoms with Gasteiger partial charge >= 0.3 is 0 Å². The molecule has 3 heterocycles. The van der Waals surface area contributed by atoms with Crippen molar-refractivity contribution in [2.75, 3.05) is 11.9 Å². The summed E-state index contributed by atoms with van der Waals surface area (Å²) in [7, 11) is 0. The predicted molar refractivity (Wildman–Crippen MR) is 121 cm³/mol. The van der Waals surface area contributed by atoms with Crippen molar-refractivity contribution in [3.8, 4) is 11.5 Å². The molecule has 0 saturated heterocycles. The molecule has 0 radical (unpaired) electrons. The van der Waals surface area contributed by atoms with Crippen LogP contribution in [0.4, 0.5) is 11.5 Å². The third-order valence-corrected chi connectivity index (χ3v) is 5.75. The van der Waals surface area contributed by atoms with Crippen molar-refractivity contribution in [3.63, 3.8) is 0 Å². The second-order valence-electron chi connectivity index (χ2n) is 6.62. The Morgan fingerprint density at radius 2 is 2.07 bits per heavy atom. The van der Waals surface area contributed by atoms with Crippen molar-refractivity contribution in [2.24, 2.45) is 5.73 Å². The summed E-state index contributed by atoms with van der Waals surface area (Å²) >= 11 is 7.95. The van der Waals surface area contributed by atoms with Gasteiger partial charge in [-0.1, -0.05) is 17.7 Å². The van der Waals surface area contributed by atoms with E-state index in [1.807, 2.05) is 53.2 Å². The van der Waals surface area contributed by atoms with Crippen LogP contribution >= 0.6 is 23.1 Å². The van der Waals surface area contributed by atoms with Gasteiger partial charge in [-0.2, -0.15) is 4.37 Å². The van der Waals surface area contributed by atoms with Gasteiger partial charge in [0, 0.05) is 25.0 Å². The van der Waals surface area contributed by atoms with E-state index in [-0.39, 0.29) is 0 Å². The Kier molecular flexibility index (Phi) is 4.96. The lowest BCUT2D eigenvalue weighted by Gasteiger charge is -2.12. The standard InChI is InChI=1S/C21H17ClN6OS/c22-15-10-13(27-21-20-16(24-12-25-21)6-8-28(20)9-7-23)4-5-18(15)29-17-2-1-3-19-14(17)11-26-30-19/h1-6,8,10-12H,7,9,23H2,(H,24,25,27). The number of anilines is 2. The Morgan fingerprint density at radius 1 is 1.13 bits per heavy atom. The quantitative estimate of drug-likeness (QED) is 0.380. The minimum atomic E-state index is 0.489. The number of hydrogen-bond donors (Lipinski definition) is 2. The second kappa shape index (κ2) is 7.91. The monoisotopic (exact) mass is 436 g/mol. The van der Waals surface area contributed by atoms with E-state index >= 15 is 0 Å². The lowest BCUT2D eigenvalue weighted by atomic mass is 10.2. The number of nitrogens with zero attached hydrogens (tertiary/aromatic N) is 4. The summed E-state index contributed by atoms with van der Waals surface area (Å²) in [4.78, 5) is 8.72. The highest BCUT2D eigenvalue weighted by Gasteiger charge is 2.12. The number of ether oxygens (including phenoxy) is 1. The first-order chi connectivity index (χ1) is 14.7. The SMILES string of the molecule is NCCn1ccc2ncnc(Nc3ccc(Oc4cccc5sncc45)c(Cl)c3)c21. The third kappa shape index (κ3) is 3.45. The molecule has 150 valence electrons. The van der Waals surface area contributed by atoms with Gasteiger partial charge in [0.2, 0.25) is 0 Å². The molecule has 0 atom stereocenters. The number of aromatic nitrogens is 4. The molecule has 0 saturated carbocycles. The van der Waals surface area contributed by atoms with E-state index in [1.165, 1.54) is 17.9 Å². The van der Waals surface area contributed by atoms with E-state index in [1.54, 1.807) is 6.20 Å². The van der Waals surface area contributed by atoms with E-state index in [0.29, 0.717) is 29.7 Å². The maximum atomic E-state index is 6.52. The van der Waals surface area contributed by atoms with Gasteiger partial charge in [0.15, 0.2) is 5.82 Å². The first kappa shape index (κ1) is 18.8. The zero-order valence-electron chi connectivity index (χ0n) is 15.7. The number of nitrogens with one attached hydrogen (secondary N) is 1. The molecule has 5 rings (SSSR count). The normalized spacial score (nSPS) is 11.3. The van der Waals surface area contributed by atoms with Crippen LogP contribution in [0.5, 0.6) is 11.5 Å². The molecule has 2 aromatic carbocycles. The Labute approximate surface area is 181 Å². The summed E-state index contributed by atoms with van der Waals surface area (Å²) in [5, 5.41) is 4.78. The minimum Gasteiger partial charge on any atom is -0.455 e. The maximum absolute atomic E-state index is 6.52. The number of halogens is 1. The van der Waals surface area contributed by atoms with Crippen LogP contribution in [0.2, 0.25) is 5.02 Å². The number of rotatable bonds is 6. The van der Waals surface area contributed by atoms with E-state index in [9.17, 15) is 0 Å². The van der Waals surface area contributed by atoms with Crippen molar-refractivity contribution in [1.29, 1.82) is 0 Å². The fourth-order valence-electron chi connectivity index (χ4n) is 3.32. The van der Waals surface area contributed by atoms with Gasteiger partial charge in [-0.05, 0) is 47.9 Å². The first-order valence-electron chi connectivity index (χ1n) is 9.30. The van der Waals surface area contributed by atoms with Gasteiger partial charge in [-0.25, -0.2) is 9.97 Å². The zero-order valence-corrected chi connectivity index (χ0v) is 17.3. The van der Waals surface area contributed by atoms with Crippen molar-refractivity contribution < 1.29 is 4.74 Å². The number of nitrogens with two attached hydrogens (primary N) is 1. The van der Waals surface area contributed by atoms with E-state index in [2.05, 4.69) is 19.7 Å². The summed E-state index contributed by atoms with van der Waals surface area (Å²) in [6.45, 7) is 1.21. The van der Waals surface area contributed by atoms with Crippen LogP contribution in [0, 0.1) is 0 Å². The molecule has 3 aromatic heterocycles. The van der Waals surface area contributed by atoms with Crippen LogP contribution in [0.25, 0.3) is 21.1 Å². The Balaban J connectivity index is 1.44. The minimum absolute atomic E-state index is 0.489. The number of fused-ring (bicyclic) bond motifs is 2. The lowest BCUT2D eigenvalue weighted by Crippen LogP contribution is -2.10. The molecule has 0 aliphatic rings. The lowest BCUT2D eigenvalue weighted by molar-refractivity contribution is 0.489. The molecule has 30 heavy (non-hydrogen) atoms. The zero-order chi connectivity index (χ0) is 20.5. The van der Waals surface area contributed by atoms with Gasteiger partial charge in [-0.15, -0.1) is 0 Å². The van der Waals surface area contributed by atoms with Crippen LogP contribution in [0.3, 0.4) is 0 Å². The highest BCUT2D eigenvalue weighted by molar-refractivity contribution is 7.13. The van der Waals surface area contributed by atoms with Crippen LogP contribution < -0.4 is 15.8 Å². The van der Waals surface area contributed by atoms with Crippen LogP contribution in [-0.2, 0) is 6.54 Å². The molecular formula is C21H17ClN6OS. The number of hydrogen-bond acceptors (Lipinski definition) is 7. The van der Waals surface area contributed by atoms with Crippen molar-refractivity contribution in [2.45, 2.75) is 6.54 Å². The predicted octanol–water partition coefficient (Wildman–Crippen LogP) is 5.19. The molecule has 9 heteroatoms. The van der Waals surface area contributed by atoms with Crippen molar-refractivity contribution >= 4 is 55.8 Å². The summed E-state index contributed by atoms with van der Waals surface area (Å²) in [5.41, 5.74) is 8.27. The van der Waals surface area contributed by atoms with Gasteiger partial charge in [0.25, 0.3) is 0 Å². The summed E-state index contributed by atoms with van der Waals surface area (Å²) in [6, 6.07) is 13.4. The molecule has 0 aliphatic carbocycles. The van der Waals surface area contributed by atoms with Crippen LogP contribution in [-0.4, -0.2) is 25.5 Å². The fraction of sp³-hybridized carbons (Fsp3) is 0.0952. The van der Waals surface area contributed by atoms with Gasteiger partial charge in [0.1, 0.15) is 23.3 Å². The molecule has 5 aromatic rings. The van der Waals surface area contributed by atoms with E-state index in [0.717, 1.165) is 32.6 Å². The molecule has 0 amide bonds. The molecular weight excluding hydrogens is 420 g/mol.